The summed E-state index contributed by atoms with van der Waals surface area (Å²) in [5.74, 6) is 5.76. The highest BCUT2D eigenvalue weighted by atomic mass is 32.1. The van der Waals surface area contributed by atoms with E-state index in [0.29, 0.717) is 5.56 Å². The van der Waals surface area contributed by atoms with Gasteiger partial charge in [0.1, 0.15) is 29.0 Å². The number of aromatic nitrogens is 4. The zero-order chi connectivity index (χ0) is 41.6. The van der Waals surface area contributed by atoms with Crippen molar-refractivity contribution in [3.8, 4) is 27.3 Å². The lowest BCUT2D eigenvalue weighted by atomic mass is 9.85. The number of rotatable bonds is 7. The van der Waals surface area contributed by atoms with Crippen LogP contribution in [0.3, 0.4) is 0 Å². The smallest absolute Gasteiger partial charge is 0.296 e. The Kier molecular flexibility index (Phi) is 11.3. The average molecular weight is 817 g/mol. The Morgan fingerprint density at radius 2 is 1.66 bits per heavy atom. The van der Waals surface area contributed by atoms with Crippen molar-refractivity contribution >= 4 is 46.1 Å². The summed E-state index contributed by atoms with van der Waals surface area (Å²) < 4.78 is 2.10. The van der Waals surface area contributed by atoms with Gasteiger partial charge < -0.3 is 20.6 Å². The van der Waals surface area contributed by atoms with E-state index in [-0.39, 0.29) is 31.0 Å². The molecule has 0 bridgehead atoms. The minimum Gasteiger partial charge on any atom is -0.391 e. The van der Waals surface area contributed by atoms with Gasteiger partial charge in [-0.1, -0.05) is 63.1 Å². The first-order valence-corrected chi connectivity index (χ1v) is 21.0. The van der Waals surface area contributed by atoms with E-state index in [0.717, 1.165) is 60.7 Å². The van der Waals surface area contributed by atoms with Crippen LogP contribution in [0.15, 0.2) is 59.0 Å². The molecule has 1 fully saturated rings. The van der Waals surface area contributed by atoms with Crippen LogP contribution in [0.1, 0.15) is 103 Å². The Bertz CT molecular complexity index is 2480. The van der Waals surface area contributed by atoms with E-state index in [1.54, 1.807) is 22.7 Å². The van der Waals surface area contributed by atoms with Gasteiger partial charge >= 0.3 is 0 Å². The number of β-amino-alcohol motifs (C(OH)–C–C–N with tert-alkyl or cyclic N) is 1. The molecule has 300 valence electrons. The molecule has 0 unspecified atom stereocenters. The van der Waals surface area contributed by atoms with Crippen LogP contribution >= 0.6 is 22.7 Å². The lowest BCUT2D eigenvalue weighted by molar-refractivity contribution is -0.143. The molecule has 14 heteroatoms. The molecule has 7 rings (SSSR count). The first-order valence-electron chi connectivity index (χ1n) is 19.3. The first kappa shape index (κ1) is 40.7. The molecule has 3 N–H and O–H groups in total. The Balaban J connectivity index is 1.03. The van der Waals surface area contributed by atoms with Gasteiger partial charge in [-0.25, -0.2) is 4.98 Å². The summed E-state index contributed by atoms with van der Waals surface area (Å²) in [6.07, 6.45) is -0.792. The normalized spacial score (nSPS) is 18.6. The maximum Gasteiger partial charge on any atom is 0.296 e. The van der Waals surface area contributed by atoms with Gasteiger partial charge in [-0.05, 0) is 75.8 Å². The lowest BCUT2D eigenvalue weighted by Crippen LogP contribution is -2.57. The fourth-order valence-corrected chi connectivity index (χ4v) is 9.53. The molecule has 0 spiro atoms. The minimum absolute atomic E-state index is 0.0238. The van der Waals surface area contributed by atoms with E-state index < -0.39 is 35.4 Å². The van der Waals surface area contributed by atoms with Crippen LogP contribution in [0.4, 0.5) is 0 Å². The summed E-state index contributed by atoms with van der Waals surface area (Å²) in [5, 5.41) is 26.3. The summed E-state index contributed by atoms with van der Waals surface area (Å²) in [4.78, 5) is 54.3. The van der Waals surface area contributed by atoms with Crippen LogP contribution in [0, 0.1) is 45.0 Å². The Morgan fingerprint density at radius 3 is 2.31 bits per heavy atom. The first-order chi connectivity index (χ1) is 27.5. The van der Waals surface area contributed by atoms with Crippen molar-refractivity contribution in [2.75, 3.05) is 6.54 Å². The summed E-state index contributed by atoms with van der Waals surface area (Å²) >= 11 is 3.28. The van der Waals surface area contributed by atoms with Crippen molar-refractivity contribution < 1.29 is 19.5 Å². The van der Waals surface area contributed by atoms with Crippen LogP contribution in [0.2, 0.25) is 0 Å². The van der Waals surface area contributed by atoms with E-state index in [4.69, 9.17) is 4.99 Å². The second kappa shape index (κ2) is 16.0. The Hall–Kier alpha value is -5.49. The zero-order valence-electron chi connectivity index (χ0n) is 34.2. The van der Waals surface area contributed by atoms with Crippen molar-refractivity contribution in [2.45, 2.75) is 99.0 Å². The van der Waals surface area contributed by atoms with Crippen LogP contribution in [-0.4, -0.2) is 77.9 Å². The van der Waals surface area contributed by atoms with Crippen molar-refractivity contribution in [1.29, 1.82) is 0 Å². The summed E-state index contributed by atoms with van der Waals surface area (Å²) in [6.45, 7) is 17.5. The number of aliphatic hydroxyl groups is 1. The van der Waals surface area contributed by atoms with Gasteiger partial charge in [0.05, 0.1) is 33.9 Å². The molecule has 2 aromatic carbocycles. The number of benzene rings is 2. The number of thiazole rings is 1. The molecule has 5 aromatic rings. The van der Waals surface area contributed by atoms with Gasteiger partial charge in [0.25, 0.3) is 5.91 Å². The number of likely N-dealkylation sites (tertiary alicyclic amines) is 1. The number of aliphatic imine (C=N–C) groups is 1. The second-order valence-electron chi connectivity index (χ2n) is 16.2. The minimum atomic E-state index is -1.01. The number of carbonyl (C=O) groups excluding carboxylic acids is 3. The topological polar surface area (TPSA) is 155 Å². The maximum absolute atomic E-state index is 14.2. The van der Waals surface area contributed by atoms with Gasteiger partial charge in [-0.2, -0.15) is 0 Å². The number of nitrogens with zero attached hydrogens (tertiary/aromatic N) is 6. The Morgan fingerprint density at radius 1 is 0.966 bits per heavy atom. The molecule has 2 aliphatic rings. The number of hydrogen-bond acceptors (Lipinski definition) is 10. The third-order valence-electron chi connectivity index (χ3n) is 10.9. The van der Waals surface area contributed by atoms with Gasteiger partial charge in [0, 0.05) is 40.5 Å². The van der Waals surface area contributed by atoms with Crippen LogP contribution in [0.5, 0.6) is 0 Å². The summed E-state index contributed by atoms with van der Waals surface area (Å²) in [5.41, 5.74) is 8.62. The van der Waals surface area contributed by atoms with E-state index in [9.17, 15) is 19.5 Å². The molecule has 5 heterocycles. The number of fused-ring (bicyclic) bond motifs is 3. The highest BCUT2D eigenvalue weighted by Crippen LogP contribution is 2.38. The zero-order valence-corrected chi connectivity index (χ0v) is 35.8. The quantitative estimate of drug-likeness (QED) is 0.163. The molecule has 1 saturated heterocycles. The molecule has 12 nitrogen and oxygen atoms in total. The maximum atomic E-state index is 14.2. The molecule has 58 heavy (non-hydrogen) atoms. The third kappa shape index (κ3) is 7.99. The molecule has 0 saturated carbocycles. The monoisotopic (exact) mass is 816 g/mol. The van der Waals surface area contributed by atoms with Crippen molar-refractivity contribution in [3.63, 3.8) is 0 Å². The standard InChI is InChI=1S/C44H48N8O4S2/c1-23-27(5)58-43-36(23)37(46-26(4)40-50-49-28(6)52(40)43)31-13-10-29(11-14-31)12-19-35(54)48-39(44(7,8)9)42(56)51-21-33(53)20-34(51)41(55)47-24(2)30-15-17-32(18-16-30)38-25(3)45-22-57-38/h10-11,13-18,22,24,26,33-34,39,53H,20-21H2,1-9H3,(H,47,55)(H,48,54)/t24-,26-,33+,34-,39+/m0/s1. The van der Waals surface area contributed by atoms with Crippen molar-refractivity contribution in [3.05, 3.63) is 104 Å². The molecule has 0 radical (unpaired) electrons. The molecule has 5 atom stereocenters. The van der Waals surface area contributed by atoms with E-state index in [1.165, 1.54) is 9.78 Å². The van der Waals surface area contributed by atoms with Crippen molar-refractivity contribution in [2.24, 2.45) is 10.4 Å². The average Bonchev–Trinajstić information content (AvgIpc) is 3.95. The lowest BCUT2D eigenvalue weighted by Gasteiger charge is -2.35. The second-order valence-corrected chi connectivity index (χ2v) is 18.2. The molecule has 3 amide bonds. The predicted molar refractivity (Wildman–Crippen MR) is 227 cm³/mol. The Labute approximate surface area is 346 Å². The third-order valence-corrected chi connectivity index (χ3v) is 13.0. The summed E-state index contributed by atoms with van der Waals surface area (Å²) in [6, 6.07) is 13.1. The van der Waals surface area contributed by atoms with E-state index in [1.807, 2.05) is 103 Å². The highest BCUT2D eigenvalue weighted by Gasteiger charge is 2.44. The number of carbonyl (C=O) groups is 3. The molecular formula is C44H48N8O4S2. The van der Waals surface area contributed by atoms with E-state index in [2.05, 4.69) is 56.1 Å². The van der Waals surface area contributed by atoms with Crippen LogP contribution < -0.4 is 10.6 Å². The molecular weight excluding hydrogens is 769 g/mol. The molecule has 0 aliphatic carbocycles. The summed E-state index contributed by atoms with van der Waals surface area (Å²) in [7, 11) is 0. The van der Waals surface area contributed by atoms with Gasteiger partial charge in [-0.3, -0.25) is 23.9 Å². The fraction of sp³-hybridized carbons (Fsp3) is 0.386. The number of thiophene rings is 1. The van der Waals surface area contributed by atoms with Crippen LogP contribution in [-0.2, 0) is 14.4 Å². The number of aliphatic hydroxyl groups excluding tert-OH is 1. The number of amides is 3. The fourth-order valence-electron chi connectivity index (χ4n) is 7.50. The number of hydrogen-bond donors (Lipinski definition) is 3. The van der Waals surface area contributed by atoms with Gasteiger partial charge in [0.15, 0.2) is 5.82 Å². The van der Waals surface area contributed by atoms with E-state index >= 15 is 0 Å². The van der Waals surface area contributed by atoms with Crippen LogP contribution in [0.25, 0.3) is 15.4 Å². The van der Waals surface area contributed by atoms with Gasteiger partial charge in [0.2, 0.25) is 11.8 Å². The molecule has 3 aromatic heterocycles. The SMILES string of the molecule is Cc1ncsc1-c1ccc([C@H](C)NC(=O)[C@@H]2C[C@@H](O)CN2C(=O)[C@@H](NC(=O)C#Cc2ccc(C3=N[C@@H](C)c4nnc(C)n4-c4sc(C)c(C)c43)cc2)C(C)(C)C)cc1. The largest absolute Gasteiger partial charge is 0.391 e. The highest BCUT2D eigenvalue weighted by molar-refractivity contribution is 7.15. The number of aryl methyl sites for hydroxylation is 3. The molecule has 2 aliphatic heterocycles. The van der Waals surface area contributed by atoms with Gasteiger partial charge in [-0.15, -0.1) is 32.9 Å². The predicted octanol–water partition coefficient (Wildman–Crippen LogP) is 6.32. The number of nitrogens with one attached hydrogen (secondary N) is 2. The van der Waals surface area contributed by atoms with Crippen molar-refractivity contribution in [1.82, 2.24) is 35.3 Å².